The molecule has 0 heterocycles. The van der Waals surface area contributed by atoms with Gasteiger partial charge in [0.05, 0.1) is 5.92 Å². The number of rotatable bonds is 6. The van der Waals surface area contributed by atoms with Gasteiger partial charge in [-0.05, 0) is 24.8 Å². The fourth-order valence-corrected chi connectivity index (χ4v) is 1.61. The SMILES string of the molecule is CNCCOC(=O)C(CC(C)(C)C)C(C)C. The predicted octanol–water partition coefficient (Wildman–Crippen LogP) is 2.46. The van der Waals surface area contributed by atoms with E-state index in [1.165, 1.54) is 0 Å². The normalized spacial score (nSPS) is 13.9. The molecule has 3 nitrogen and oxygen atoms in total. The van der Waals surface area contributed by atoms with E-state index in [1.54, 1.807) is 0 Å². The molecule has 0 aromatic rings. The van der Waals surface area contributed by atoms with Gasteiger partial charge in [-0.15, -0.1) is 0 Å². The standard InChI is InChI=1S/C13H27NO2/c1-10(2)11(9-13(3,4)5)12(15)16-8-7-14-6/h10-11,14H,7-9H2,1-6H3. The van der Waals surface area contributed by atoms with E-state index in [9.17, 15) is 4.79 Å². The Balaban J connectivity index is 4.25. The topological polar surface area (TPSA) is 38.3 Å². The number of carbonyl (C=O) groups excluding carboxylic acids is 1. The van der Waals surface area contributed by atoms with Crippen LogP contribution in [0.25, 0.3) is 0 Å². The van der Waals surface area contributed by atoms with Crippen LogP contribution in [0, 0.1) is 17.3 Å². The minimum Gasteiger partial charge on any atom is -0.464 e. The van der Waals surface area contributed by atoms with Gasteiger partial charge in [0.15, 0.2) is 0 Å². The average Bonchev–Trinajstić information content (AvgIpc) is 2.12. The summed E-state index contributed by atoms with van der Waals surface area (Å²) in [5.41, 5.74) is 0.164. The van der Waals surface area contributed by atoms with Gasteiger partial charge in [-0.3, -0.25) is 4.79 Å². The Kier molecular flexibility index (Phi) is 6.65. The second kappa shape index (κ2) is 6.89. The third-order valence-corrected chi connectivity index (χ3v) is 2.54. The van der Waals surface area contributed by atoms with Crippen molar-refractivity contribution in [3.8, 4) is 0 Å². The van der Waals surface area contributed by atoms with Crippen molar-refractivity contribution in [2.24, 2.45) is 17.3 Å². The molecule has 0 radical (unpaired) electrons. The summed E-state index contributed by atoms with van der Waals surface area (Å²) in [5.74, 6) is 0.290. The molecule has 0 aromatic carbocycles. The fourth-order valence-electron chi connectivity index (χ4n) is 1.61. The zero-order valence-corrected chi connectivity index (χ0v) is 11.6. The highest BCUT2D eigenvalue weighted by Gasteiger charge is 2.28. The maximum Gasteiger partial charge on any atom is 0.309 e. The minimum absolute atomic E-state index is 0.0110. The van der Waals surface area contributed by atoms with E-state index in [0.29, 0.717) is 19.1 Å². The van der Waals surface area contributed by atoms with Crippen LogP contribution in [0.5, 0.6) is 0 Å². The number of hydrogen-bond acceptors (Lipinski definition) is 3. The van der Waals surface area contributed by atoms with E-state index in [-0.39, 0.29) is 17.3 Å². The van der Waals surface area contributed by atoms with Crippen molar-refractivity contribution in [2.45, 2.75) is 41.0 Å². The molecule has 0 aliphatic carbocycles. The second-order valence-corrected chi connectivity index (χ2v) is 5.89. The predicted molar refractivity (Wildman–Crippen MR) is 67.3 cm³/mol. The van der Waals surface area contributed by atoms with Crippen LogP contribution in [0.3, 0.4) is 0 Å². The molecule has 0 aliphatic rings. The molecule has 0 bridgehead atoms. The molecule has 96 valence electrons. The van der Waals surface area contributed by atoms with E-state index >= 15 is 0 Å². The number of hydrogen-bond donors (Lipinski definition) is 1. The summed E-state index contributed by atoms with van der Waals surface area (Å²) in [6.07, 6.45) is 0.878. The first kappa shape index (κ1) is 15.4. The van der Waals surface area contributed by atoms with Crippen molar-refractivity contribution < 1.29 is 9.53 Å². The van der Waals surface area contributed by atoms with Gasteiger partial charge in [-0.1, -0.05) is 34.6 Å². The van der Waals surface area contributed by atoms with Crippen molar-refractivity contribution in [1.29, 1.82) is 0 Å². The number of nitrogens with one attached hydrogen (secondary N) is 1. The first-order valence-corrected chi connectivity index (χ1v) is 6.09. The van der Waals surface area contributed by atoms with Gasteiger partial charge in [-0.2, -0.15) is 0 Å². The molecule has 0 saturated heterocycles. The summed E-state index contributed by atoms with van der Waals surface area (Å²) >= 11 is 0. The summed E-state index contributed by atoms with van der Waals surface area (Å²) in [4.78, 5) is 11.9. The zero-order valence-electron chi connectivity index (χ0n) is 11.6. The molecule has 1 atom stereocenters. The molecule has 1 unspecified atom stereocenters. The van der Waals surface area contributed by atoms with Crippen molar-refractivity contribution >= 4 is 5.97 Å². The Morgan fingerprint density at radius 1 is 1.31 bits per heavy atom. The lowest BCUT2D eigenvalue weighted by Crippen LogP contribution is -2.29. The minimum atomic E-state index is -0.0554. The summed E-state index contributed by atoms with van der Waals surface area (Å²) < 4.78 is 5.25. The monoisotopic (exact) mass is 229 g/mol. The number of ether oxygens (including phenoxy) is 1. The molecule has 0 spiro atoms. The molecule has 16 heavy (non-hydrogen) atoms. The van der Waals surface area contributed by atoms with Crippen molar-refractivity contribution in [1.82, 2.24) is 5.32 Å². The van der Waals surface area contributed by atoms with Crippen LogP contribution in [-0.4, -0.2) is 26.2 Å². The molecule has 0 rings (SSSR count). The first-order valence-electron chi connectivity index (χ1n) is 6.09. The highest BCUT2D eigenvalue weighted by Crippen LogP contribution is 2.29. The van der Waals surface area contributed by atoms with Crippen molar-refractivity contribution in [3.63, 3.8) is 0 Å². The molecule has 0 aliphatic heterocycles. The van der Waals surface area contributed by atoms with Gasteiger partial charge >= 0.3 is 5.97 Å². The molecule has 0 saturated carbocycles. The van der Waals surface area contributed by atoms with Gasteiger partial charge in [0, 0.05) is 6.54 Å². The zero-order chi connectivity index (χ0) is 12.8. The van der Waals surface area contributed by atoms with Crippen LogP contribution in [-0.2, 0) is 9.53 Å². The lowest BCUT2D eigenvalue weighted by Gasteiger charge is -2.27. The summed E-state index contributed by atoms with van der Waals surface area (Å²) in [5, 5.41) is 2.96. The number of carbonyl (C=O) groups is 1. The van der Waals surface area contributed by atoms with Crippen molar-refractivity contribution in [2.75, 3.05) is 20.2 Å². The van der Waals surface area contributed by atoms with Crippen LogP contribution >= 0.6 is 0 Å². The Morgan fingerprint density at radius 2 is 1.88 bits per heavy atom. The second-order valence-electron chi connectivity index (χ2n) is 5.89. The lowest BCUT2D eigenvalue weighted by molar-refractivity contribution is -0.151. The van der Waals surface area contributed by atoms with Gasteiger partial charge in [-0.25, -0.2) is 0 Å². The van der Waals surface area contributed by atoms with Gasteiger partial charge < -0.3 is 10.1 Å². The molecule has 1 N–H and O–H groups in total. The van der Waals surface area contributed by atoms with Gasteiger partial charge in [0.25, 0.3) is 0 Å². The summed E-state index contributed by atoms with van der Waals surface area (Å²) in [7, 11) is 1.85. The van der Waals surface area contributed by atoms with Gasteiger partial charge in [0.1, 0.15) is 6.61 Å². The Labute approximate surface area is 99.9 Å². The molecule has 3 heteroatoms. The number of esters is 1. The van der Waals surface area contributed by atoms with E-state index in [2.05, 4.69) is 39.9 Å². The summed E-state index contributed by atoms with van der Waals surface area (Å²) in [6.45, 7) is 11.8. The average molecular weight is 229 g/mol. The smallest absolute Gasteiger partial charge is 0.309 e. The van der Waals surface area contributed by atoms with E-state index in [0.717, 1.165) is 6.42 Å². The third kappa shape index (κ3) is 6.83. The highest BCUT2D eigenvalue weighted by atomic mass is 16.5. The molecule has 0 fully saturated rings. The highest BCUT2D eigenvalue weighted by molar-refractivity contribution is 5.72. The Hall–Kier alpha value is -0.570. The first-order chi connectivity index (χ1) is 7.28. The molecular weight excluding hydrogens is 202 g/mol. The summed E-state index contributed by atoms with van der Waals surface area (Å²) in [6, 6.07) is 0. The Bertz CT molecular complexity index is 206. The maximum atomic E-state index is 11.9. The van der Waals surface area contributed by atoms with E-state index in [4.69, 9.17) is 4.74 Å². The maximum absolute atomic E-state index is 11.9. The number of likely N-dealkylation sites (N-methyl/N-ethyl adjacent to an activating group) is 1. The van der Waals surface area contributed by atoms with E-state index in [1.807, 2.05) is 7.05 Å². The largest absolute Gasteiger partial charge is 0.464 e. The van der Waals surface area contributed by atoms with E-state index < -0.39 is 0 Å². The molecule has 0 amide bonds. The van der Waals surface area contributed by atoms with Crippen LogP contribution in [0.15, 0.2) is 0 Å². The van der Waals surface area contributed by atoms with Crippen LogP contribution < -0.4 is 5.32 Å². The third-order valence-electron chi connectivity index (χ3n) is 2.54. The Morgan fingerprint density at radius 3 is 2.25 bits per heavy atom. The quantitative estimate of drug-likeness (QED) is 0.561. The van der Waals surface area contributed by atoms with Crippen LogP contribution in [0.1, 0.15) is 41.0 Å². The molecule has 0 aromatic heterocycles. The van der Waals surface area contributed by atoms with Gasteiger partial charge in [0.2, 0.25) is 0 Å². The van der Waals surface area contributed by atoms with Crippen LogP contribution in [0.2, 0.25) is 0 Å². The van der Waals surface area contributed by atoms with Crippen molar-refractivity contribution in [3.05, 3.63) is 0 Å². The van der Waals surface area contributed by atoms with Crippen LogP contribution in [0.4, 0.5) is 0 Å². The molecular formula is C13H27NO2. The lowest BCUT2D eigenvalue weighted by atomic mass is 9.80. The fraction of sp³-hybridized carbons (Fsp3) is 0.923.